The smallest absolute Gasteiger partial charge is 0.138 e. The van der Waals surface area contributed by atoms with Gasteiger partial charge < -0.3 is 4.74 Å². The van der Waals surface area contributed by atoms with Gasteiger partial charge in [-0.05, 0) is 51.5 Å². The van der Waals surface area contributed by atoms with Gasteiger partial charge in [-0.2, -0.15) is 0 Å². The van der Waals surface area contributed by atoms with E-state index in [1.54, 1.807) is 6.92 Å². The second-order valence-corrected chi connectivity index (χ2v) is 5.55. The maximum atomic E-state index is 11.3. The highest BCUT2D eigenvalue weighted by Gasteiger charge is 2.24. The summed E-state index contributed by atoms with van der Waals surface area (Å²) in [6.45, 7) is 7.77. The van der Waals surface area contributed by atoms with Crippen molar-refractivity contribution in [3.05, 3.63) is 28.2 Å². The van der Waals surface area contributed by atoms with E-state index in [4.69, 9.17) is 4.74 Å². The Kier molecular flexibility index (Phi) is 4.14. The van der Waals surface area contributed by atoms with Crippen molar-refractivity contribution in [3.8, 4) is 5.75 Å². The van der Waals surface area contributed by atoms with E-state index in [1.807, 2.05) is 39.0 Å². The zero-order chi connectivity index (χ0) is 12.3. The summed E-state index contributed by atoms with van der Waals surface area (Å²) < 4.78 is 6.71. The Bertz CT molecular complexity index is 397. The van der Waals surface area contributed by atoms with Crippen LogP contribution in [0.2, 0.25) is 0 Å². The van der Waals surface area contributed by atoms with Crippen LogP contribution in [-0.2, 0) is 4.79 Å². The number of ketones is 1. The summed E-state index contributed by atoms with van der Waals surface area (Å²) in [5, 5.41) is 0. The van der Waals surface area contributed by atoms with Gasteiger partial charge in [-0.25, -0.2) is 0 Å². The highest BCUT2D eigenvalue weighted by Crippen LogP contribution is 2.25. The van der Waals surface area contributed by atoms with Crippen molar-refractivity contribution in [2.75, 3.05) is 6.61 Å². The van der Waals surface area contributed by atoms with Crippen molar-refractivity contribution in [1.82, 2.24) is 0 Å². The molecule has 0 heterocycles. The molecule has 1 aromatic rings. The van der Waals surface area contributed by atoms with E-state index in [0.717, 1.165) is 15.8 Å². The third kappa shape index (κ3) is 3.34. The van der Waals surface area contributed by atoms with E-state index in [9.17, 15) is 4.79 Å². The summed E-state index contributed by atoms with van der Waals surface area (Å²) in [5.41, 5.74) is 0.633. The van der Waals surface area contributed by atoms with Crippen LogP contribution in [0.5, 0.6) is 5.75 Å². The summed E-state index contributed by atoms with van der Waals surface area (Å²) in [5.74, 6) is 0.972. The van der Waals surface area contributed by atoms with Crippen LogP contribution in [0.15, 0.2) is 22.7 Å². The molecule has 0 saturated heterocycles. The van der Waals surface area contributed by atoms with Gasteiger partial charge in [0.05, 0.1) is 5.41 Å². The highest BCUT2D eigenvalue weighted by molar-refractivity contribution is 9.10. The van der Waals surface area contributed by atoms with Gasteiger partial charge in [0.1, 0.15) is 18.1 Å². The monoisotopic (exact) mass is 284 g/mol. The lowest BCUT2D eigenvalue weighted by atomic mass is 9.90. The van der Waals surface area contributed by atoms with Crippen molar-refractivity contribution in [2.45, 2.75) is 27.7 Å². The standard InChI is InChI=1S/C13H17BrO2/c1-9-7-11(14)5-6-12(9)16-8-13(3,4)10(2)15/h5-7H,8H2,1-4H3. The molecule has 3 heteroatoms. The van der Waals surface area contributed by atoms with E-state index in [0.29, 0.717) is 6.61 Å². The fraction of sp³-hybridized carbons (Fsp3) is 0.462. The molecule has 0 radical (unpaired) electrons. The Morgan fingerprint density at radius 1 is 1.44 bits per heavy atom. The van der Waals surface area contributed by atoms with Crippen molar-refractivity contribution in [1.29, 1.82) is 0 Å². The fourth-order valence-corrected chi connectivity index (χ4v) is 1.61. The number of ether oxygens (including phenoxy) is 1. The van der Waals surface area contributed by atoms with Crippen LogP contribution in [0, 0.1) is 12.3 Å². The maximum absolute atomic E-state index is 11.3. The lowest BCUT2D eigenvalue weighted by Crippen LogP contribution is -2.29. The first-order valence-corrected chi connectivity index (χ1v) is 6.02. The molecule has 88 valence electrons. The van der Waals surface area contributed by atoms with E-state index < -0.39 is 5.41 Å². The fourth-order valence-electron chi connectivity index (χ4n) is 1.13. The molecule has 0 N–H and O–H groups in total. The van der Waals surface area contributed by atoms with Gasteiger partial charge in [0.25, 0.3) is 0 Å². The SMILES string of the molecule is CC(=O)C(C)(C)COc1ccc(Br)cc1C. The van der Waals surface area contributed by atoms with Crippen molar-refractivity contribution >= 4 is 21.7 Å². The van der Waals surface area contributed by atoms with E-state index in [1.165, 1.54) is 0 Å². The normalized spacial score (nSPS) is 11.3. The minimum Gasteiger partial charge on any atom is -0.492 e. The van der Waals surface area contributed by atoms with Crippen LogP contribution >= 0.6 is 15.9 Å². The molecule has 0 aromatic heterocycles. The maximum Gasteiger partial charge on any atom is 0.138 e. The molecule has 0 aliphatic carbocycles. The zero-order valence-electron chi connectivity index (χ0n) is 10.1. The number of aryl methyl sites for hydroxylation is 1. The number of hydrogen-bond acceptors (Lipinski definition) is 2. The molecule has 0 bridgehead atoms. The van der Waals surface area contributed by atoms with E-state index in [-0.39, 0.29) is 5.78 Å². The van der Waals surface area contributed by atoms with Crippen LogP contribution in [0.1, 0.15) is 26.3 Å². The lowest BCUT2D eigenvalue weighted by molar-refractivity contribution is -0.126. The number of halogens is 1. The first kappa shape index (κ1) is 13.2. The molecule has 2 nitrogen and oxygen atoms in total. The van der Waals surface area contributed by atoms with Gasteiger partial charge in [0.2, 0.25) is 0 Å². The van der Waals surface area contributed by atoms with Crippen LogP contribution in [-0.4, -0.2) is 12.4 Å². The minimum absolute atomic E-state index is 0.141. The van der Waals surface area contributed by atoms with Crippen molar-refractivity contribution in [2.24, 2.45) is 5.41 Å². The largest absolute Gasteiger partial charge is 0.492 e. The van der Waals surface area contributed by atoms with E-state index >= 15 is 0 Å². The summed E-state index contributed by atoms with van der Waals surface area (Å²) in [7, 11) is 0. The average Bonchev–Trinajstić information content (AvgIpc) is 2.16. The number of carbonyl (C=O) groups is 1. The summed E-state index contributed by atoms with van der Waals surface area (Å²) >= 11 is 3.40. The lowest BCUT2D eigenvalue weighted by Gasteiger charge is -2.22. The number of benzene rings is 1. The van der Waals surface area contributed by atoms with Crippen molar-refractivity contribution in [3.63, 3.8) is 0 Å². The zero-order valence-corrected chi connectivity index (χ0v) is 11.7. The second kappa shape index (κ2) is 5.00. The molecule has 1 aromatic carbocycles. The average molecular weight is 285 g/mol. The number of hydrogen-bond donors (Lipinski definition) is 0. The van der Waals surface area contributed by atoms with Gasteiger partial charge in [-0.1, -0.05) is 15.9 Å². The Balaban J connectivity index is 2.72. The molecular weight excluding hydrogens is 268 g/mol. The molecule has 0 amide bonds. The van der Waals surface area contributed by atoms with Gasteiger partial charge >= 0.3 is 0 Å². The van der Waals surface area contributed by atoms with Crippen molar-refractivity contribution < 1.29 is 9.53 Å². The molecule has 1 rings (SSSR count). The molecule has 0 aliphatic heterocycles. The van der Waals surface area contributed by atoms with Crippen LogP contribution in [0.25, 0.3) is 0 Å². The molecule has 0 spiro atoms. The minimum atomic E-state index is -0.431. The summed E-state index contributed by atoms with van der Waals surface area (Å²) in [4.78, 5) is 11.3. The van der Waals surface area contributed by atoms with Crippen LogP contribution in [0.3, 0.4) is 0 Å². The Morgan fingerprint density at radius 2 is 2.06 bits per heavy atom. The summed E-state index contributed by atoms with van der Waals surface area (Å²) in [6, 6.07) is 5.84. The molecule has 16 heavy (non-hydrogen) atoms. The molecule has 0 saturated carbocycles. The predicted octanol–water partition coefficient (Wildman–Crippen LogP) is 3.75. The predicted molar refractivity (Wildman–Crippen MR) is 68.8 cm³/mol. The van der Waals surface area contributed by atoms with E-state index in [2.05, 4.69) is 15.9 Å². The Morgan fingerprint density at radius 3 is 2.56 bits per heavy atom. The van der Waals surface area contributed by atoms with Crippen LogP contribution in [0.4, 0.5) is 0 Å². The van der Waals surface area contributed by atoms with Gasteiger partial charge in [0, 0.05) is 4.47 Å². The first-order valence-electron chi connectivity index (χ1n) is 5.23. The number of carbonyl (C=O) groups excluding carboxylic acids is 1. The third-order valence-corrected chi connectivity index (χ3v) is 3.17. The Labute approximate surface area is 105 Å². The molecule has 0 fully saturated rings. The Hall–Kier alpha value is -0.830. The highest BCUT2D eigenvalue weighted by atomic mass is 79.9. The van der Waals surface area contributed by atoms with Gasteiger partial charge in [-0.3, -0.25) is 4.79 Å². The molecular formula is C13H17BrO2. The molecule has 0 unspecified atom stereocenters. The molecule has 0 atom stereocenters. The summed E-state index contributed by atoms with van der Waals surface area (Å²) in [6.07, 6.45) is 0. The first-order chi connectivity index (χ1) is 7.33. The molecule has 0 aliphatic rings. The van der Waals surface area contributed by atoms with Gasteiger partial charge in [0.15, 0.2) is 0 Å². The van der Waals surface area contributed by atoms with Gasteiger partial charge in [-0.15, -0.1) is 0 Å². The van der Waals surface area contributed by atoms with Crippen LogP contribution < -0.4 is 4.74 Å². The number of rotatable bonds is 4. The second-order valence-electron chi connectivity index (χ2n) is 4.64. The quantitative estimate of drug-likeness (QED) is 0.842. The number of Topliss-reactive ketones (excluding diaryl/α,β-unsaturated/α-hetero) is 1. The third-order valence-electron chi connectivity index (χ3n) is 2.68. The topological polar surface area (TPSA) is 26.3 Å².